The summed E-state index contributed by atoms with van der Waals surface area (Å²) < 4.78 is 0. The number of aromatic nitrogens is 2. The summed E-state index contributed by atoms with van der Waals surface area (Å²) in [5.41, 5.74) is 4.81. The predicted molar refractivity (Wildman–Crippen MR) is 104 cm³/mol. The van der Waals surface area contributed by atoms with Crippen molar-refractivity contribution in [2.24, 2.45) is 0 Å². The summed E-state index contributed by atoms with van der Waals surface area (Å²) in [4.78, 5) is 12.5. The minimum absolute atomic E-state index is 0.704. The Balaban J connectivity index is 1.48. The molecule has 0 atom stereocenters. The molecule has 25 heavy (non-hydrogen) atoms. The second-order valence-corrected chi connectivity index (χ2v) is 7.24. The van der Waals surface area contributed by atoms with Gasteiger partial charge in [0.15, 0.2) is 0 Å². The van der Waals surface area contributed by atoms with Gasteiger partial charge in [-0.25, -0.2) is 4.98 Å². The van der Waals surface area contributed by atoms with Gasteiger partial charge < -0.3 is 9.88 Å². The highest BCUT2D eigenvalue weighted by molar-refractivity contribution is 5.92. The number of hydrogen-bond acceptors (Lipinski definition) is 3. The zero-order chi connectivity index (χ0) is 17.2. The van der Waals surface area contributed by atoms with Gasteiger partial charge in [0, 0.05) is 30.4 Å². The lowest BCUT2D eigenvalue weighted by atomic mass is 10.0. The molecule has 0 radical (unpaired) electrons. The maximum Gasteiger partial charge on any atom is 0.137 e. The third-order valence-corrected chi connectivity index (χ3v) is 5.47. The molecule has 1 saturated heterocycles. The van der Waals surface area contributed by atoms with Crippen molar-refractivity contribution in [3.8, 4) is 11.1 Å². The molecule has 1 N–H and O–H groups in total. The molecule has 1 aliphatic rings. The molecule has 1 aromatic carbocycles. The Morgan fingerprint density at radius 1 is 1.12 bits per heavy atom. The van der Waals surface area contributed by atoms with Gasteiger partial charge in [0.2, 0.25) is 0 Å². The number of nitrogens with zero attached hydrogens (tertiary/aromatic N) is 3. The van der Waals surface area contributed by atoms with Crippen molar-refractivity contribution < 1.29 is 0 Å². The van der Waals surface area contributed by atoms with Crippen LogP contribution >= 0.6 is 0 Å². The van der Waals surface area contributed by atoms with Crippen molar-refractivity contribution in [1.29, 1.82) is 0 Å². The van der Waals surface area contributed by atoms with Crippen LogP contribution in [0.15, 0.2) is 48.8 Å². The Kier molecular flexibility index (Phi) is 4.55. The Morgan fingerprint density at radius 3 is 2.64 bits per heavy atom. The highest BCUT2D eigenvalue weighted by Gasteiger charge is 2.20. The number of pyridine rings is 1. The van der Waals surface area contributed by atoms with Gasteiger partial charge >= 0.3 is 0 Å². The molecule has 0 saturated carbocycles. The fourth-order valence-corrected chi connectivity index (χ4v) is 3.86. The molecule has 1 fully saturated rings. The van der Waals surface area contributed by atoms with Gasteiger partial charge in [-0.2, -0.15) is 0 Å². The average molecular weight is 334 g/mol. The molecular weight excluding hydrogens is 308 g/mol. The van der Waals surface area contributed by atoms with E-state index >= 15 is 0 Å². The summed E-state index contributed by atoms with van der Waals surface area (Å²) in [6.07, 6.45) is 6.36. The average Bonchev–Trinajstić information content (AvgIpc) is 3.12. The third-order valence-electron chi connectivity index (χ3n) is 5.47. The molecule has 0 aliphatic carbocycles. The van der Waals surface area contributed by atoms with E-state index in [0.717, 1.165) is 12.2 Å². The highest BCUT2D eigenvalue weighted by atomic mass is 15.2. The number of fused-ring (bicyclic) bond motifs is 1. The van der Waals surface area contributed by atoms with Crippen molar-refractivity contribution in [2.75, 3.05) is 27.2 Å². The maximum atomic E-state index is 4.38. The summed E-state index contributed by atoms with van der Waals surface area (Å²) >= 11 is 0. The second-order valence-electron chi connectivity index (χ2n) is 7.24. The second kappa shape index (κ2) is 6.98. The van der Waals surface area contributed by atoms with Gasteiger partial charge in [-0.3, -0.25) is 4.90 Å². The monoisotopic (exact) mass is 334 g/mol. The Labute approximate surface area is 149 Å². The quantitative estimate of drug-likeness (QED) is 0.789. The van der Waals surface area contributed by atoms with Crippen LogP contribution in [0.1, 0.15) is 18.4 Å². The topological polar surface area (TPSA) is 35.2 Å². The van der Waals surface area contributed by atoms with Gasteiger partial charge in [0.25, 0.3) is 0 Å². The summed E-state index contributed by atoms with van der Waals surface area (Å²) in [6.45, 7) is 3.44. The van der Waals surface area contributed by atoms with Crippen molar-refractivity contribution in [3.05, 3.63) is 54.4 Å². The number of hydrogen-bond donors (Lipinski definition) is 1. The molecule has 1 aliphatic heterocycles. The number of nitrogens with one attached hydrogen (secondary N) is 1. The number of benzene rings is 1. The summed E-state index contributed by atoms with van der Waals surface area (Å²) in [7, 11) is 4.48. The van der Waals surface area contributed by atoms with E-state index in [4.69, 9.17) is 0 Å². The largest absolute Gasteiger partial charge is 0.346 e. The maximum absolute atomic E-state index is 4.38. The first-order valence-corrected chi connectivity index (χ1v) is 9.11. The van der Waals surface area contributed by atoms with Gasteiger partial charge in [-0.05, 0) is 68.8 Å². The van der Waals surface area contributed by atoms with E-state index in [0.29, 0.717) is 6.04 Å². The molecule has 0 bridgehead atoms. The van der Waals surface area contributed by atoms with Gasteiger partial charge in [-0.15, -0.1) is 0 Å². The van der Waals surface area contributed by atoms with Crippen LogP contribution in [-0.2, 0) is 6.54 Å². The first-order chi connectivity index (χ1) is 12.2. The van der Waals surface area contributed by atoms with Gasteiger partial charge in [-0.1, -0.05) is 24.3 Å². The number of H-pyrrole nitrogens is 1. The van der Waals surface area contributed by atoms with E-state index < -0.39 is 0 Å². The van der Waals surface area contributed by atoms with E-state index in [1.807, 2.05) is 12.4 Å². The van der Waals surface area contributed by atoms with Crippen molar-refractivity contribution in [2.45, 2.75) is 25.4 Å². The van der Waals surface area contributed by atoms with Crippen LogP contribution in [0.25, 0.3) is 22.2 Å². The fraction of sp³-hybridized carbons (Fsp3) is 0.381. The van der Waals surface area contributed by atoms with E-state index in [2.05, 4.69) is 70.3 Å². The van der Waals surface area contributed by atoms with Crippen LogP contribution < -0.4 is 0 Å². The number of aromatic amines is 1. The van der Waals surface area contributed by atoms with Crippen LogP contribution in [0.2, 0.25) is 0 Å². The molecule has 130 valence electrons. The van der Waals surface area contributed by atoms with E-state index in [1.165, 1.54) is 48.0 Å². The number of rotatable bonds is 4. The normalized spacial score (nSPS) is 16.8. The summed E-state index contributed by atoms with van der Waals surface area (Å²) in [5, 5.41) is 1.18. The first kappa shape index (κ1) is 16.3. The smallest absolute Gasteiger partial charge is 0.137 e. The Bertz CT molecular complexity index is 828. The molecule has 4 rings (SSSR count). The SMILES string of the molecule is CN1CCC(N(C)Cc2ccc(-c3ccnc4[nH]ccc34)cc2)CC1. The zero-order valence-corrected chi connectivity index (χ0v) is 15.1. The first-order valence-electron chi connectivity index (χ1n) is 9.11. The lowest BCUT2D eigenvalue weighted by molar-refractivity contribution is 0.139. The molecule has 2 aromatic heterocycles. The molecule has 0 unspecified atom stereocenters. The number of likely N-dealkylation sites (tertiary alicyclic amines) is 1. The van der Waals surface area contributed by atoms with Gasteiger partial charge in [0.05, 0.1) is 0 Å². The molecule has 4 heteroatoms. The summed E-state index contributed by atoms with van der Waals surface area (Å²) in [5.74, 6) is 0. The molecule has 3 aromatic rings. The van der Waals surface area contributed by atoms with Crippen LogP contribution in [0.5, 0.6) is 0 Å². The Morgan fingerprint density at radius 2 is 1.88 bits per heavy atom. The minimum atomic E-state index is 0.704. The third kappa shape index (κ3) is 3.46. The van der Waals surface area contributed by atoms with Crippen molar-refractivity contribution >= 4 is 11.0 Å². The zero-order valence-electron chi connectivity index (χ0n) is 15.1. The van der Waals surface area contributed by atoms with Gasteiger partial charge in [0.1, 0.15) is 5.65 Å². The van der Waals surface area contributed by atoms with Crippen LogP contribution in [0.3, 0.4) is 0 Å². The van der Waals surface area contributed by atoms with Crippen LogP contribution in [0, 0.1) is 0 Å². The minimum Gasteiger partial charge on any atom is -0.346 e. The van der Waals surface area contributed by atoms with Crippen LogP contribution in [-0.4, -0.2) is 53.0 Å². The fourth-order valence-electron chi connectivity index (χ4n) is 3.86. The van der Waals surface area contributed by atoms with E-state index in [1.54, 1.807) is 0 Å². The van der Waals surface area contributed by atoms with E-state index in [9.17, 15) is 0 Å². The highest BCUT2D eigenvalue weighted by Crippen LogP contribution is 2.27. The van der Waals surface area contributed by atoms with Crippen LogP contribution in [0.4, 0.5) is 0 Å². The summed E-state index contributed by atoms with van der Waals surface area (Å²) in [6, 6.07) is 13.9. The van der Waals surface area contributed by atoms with Crippen molar-refractivity contribution in [3.63, 3.8) is 0 Å². The Hall–Kier alpha value is -2.17. The predicted octanol–water partition coefficient (Wildman–Crippen LogP) is 3.76. The lowest BCUT2D eigenvalue weighted by Crippen LogP contribution is -2.41. The molecule has 0 amide bonds. The lowest BCUT2D eigenvalue weighted by Gasteiger charge is -2.35. The van der Waals surface area contributed by atoms with E-state index in [-0.39, 0.29) is 0 Å². The molecule has 3 heterocycles. The molecular formula is C21H26N4. The molecule has 0 spiro atoms. The van der Waals surface area contributed by atoms with Crippen molar-refractivity contribution in [1.82, 2.24) is 19.8 Å². The molecule has 4 nitrogen and oxygen atoms in total. The number of piperidine rings is 1. The standard InChI is InChI=1S/C21H26N4/c1-24-13-9-18(10-14-24)25(2)15-16-3-5-17(6-4-16)19-7-11-22-21-20(19)8-12-23-21/h3-8,11-12,18H,9-10,13-15H2,1-2H3,(H,22,23).